The van der Waals surface area contributed by atoms with Crippen LogP contribution in [0.1, 0.15) is 38.2 Å². The predicted octanol–water partition coefficient (Wildman–Crippen LogP) is 3.79. The number of anilines is 1. The zero-order valence-electron chi connectivity index (χ0n) is 11.8. The maximum absolute atomic E-state index is 11.1. The second-order valence-corrected chi connectivity index (χ2v) is 5.64. The van der Waals surface area contributed by atoms with Crippen LogP contribution in [0, 0.1) is 6.92 Å². The van der Waals surface area contributed by atoms with E-state index in [1.165, 1.54) is 5.56 Å². The molecule has 0 aliphatic carbocycles. The molecule has 0 saturated carbocycles. The van der Waals surface area contributed by atoms with Crippen molar-refractivity contribution in [2.75, 3.05) is 18.1 Å². The maximum atomic E-state index is 11.1. The molecule has 0 aliphatic heterocycles. The zero-order chi connectivity index (χ0) is 14.1. The lowest BCUT2D eigenvalue weighted by Gasteiger charge is -2.06. The first kappa shape index (κ1) is 15.9. The molecule has 0 amide bonds. The van der Waals surface area contributed by atoms with Crippen molar-refractivity contribution in [1.82, 2.24) is 0 Å². The van der Waals surface area contributed by atoms with E-state index in [1.807, 2.05) is 19.1 Å². The molecule has 0 atom stereocenters. The Bertz CT molecular complexity index is 407. The quantitative estimate of drug-likeness (QED) is 0.341. The Balaban J connectivity index is 2.14. The lowest BCUT2D eigenvalue weighted by Crippen LogP contribution is -2.03. The van der Waals surface area contributed by atoms with Crippen LogP contribution in [-0.4, -0.2) is 18.3 Å². The van der Waals surface area contributed by atoms with Crippen molar-refractivity contribution in [1.29, 1.82) is 0 Å². The summed E-state index contributed by atoms with van der Waals surface area (Å²) in [6.45, 7) is 4.38. The van der Waals surface area contributed by atoms with Crippen molar-refractivity contribution in [2.24, 2.45) is 0 Å². The number of carbonyl (C=O) groups is 1. The summed E-state index contributed by atoms with van der Waals surface area (Å²) >= 11 is 1.79. The van der Waals surface area contributed by atoms with Gasteiger partial charge in [0.2, 0.25) is 0 Å². The van der Waals surface area contributed by atoms with E-state index in [1.54, 1.807) is 11.8 Å². The van der Waals surface area contributed by atoms with Gasteiger partial charge in [-0.25, -0.2) is 0 Å². The number of aryl methyl sites for hydroxylation is 1. The molecule has 1 rings (SSSR count). The highest BCUT2D eigenvalue weighted by atomic mass is 32.2. The molecule has 0 unspecified atom stereocenters. The molecule has 1 aromatic carbocycles. The minimum atomic E-state index is -0.0851. The third kappa shape index (κ3) is 6.53. The average Bonchev–Trinajstić information content (AvgIpc) is 2.38. The molecule has 19 heavy (non-hydrogen) atoms. The topological polar surface area (TPSA) is 52.3 Å². The molecule has 1 aromatic rings. The van der Waals surface area contributed by atoms with Gasteiger partial charge in [0.1, 0.15) is 0 Å². The number of hydrogen-bond acceptors (Lipinski definition) is 4. The van der Waals surface area contributed by atoms with Gasteiger partial charge in [0.05, 0.1) is 6.61 Å². The number of carbonyl (C=O) groups excluding carboxylic acids is 1. The summed E-state index contributed by atoms with van der Waals surface area (Å²) in [5, 5.41) is 0. The standard InChI is InChI=1S/C15H23NO2S/c1-3-18-15(17)7-5-4-6-10-19-14-11-12(2)8-9-13(14)16/h8-9,11H,3-7,10,16H2,1-2H3. The summed E-state index contributed by atoms with van der Waals surface area (Å²) in [6, 6.07) is 6.11. The minimum Gasteiger partial charge on any atom is -0.466 e. The first-order chi connectivity index (χ1) is 9.13. The van der Waals surface area contributed by atoms with Crippen molar-refractivity contribution in [2.45, 2.75) is 44.4 Å². The van der Waals surface area contributed by atoms with Gasteiger partial charge < -0.3 is 10.5 Å². The lowest BCUT2D eigenvalue weighted by molar-refractivity contribution is -0.143. The van der Waals surface area contributed by atoms with E-state index in [9.17, 15) is 4.79 Å². The van der Waals surface area contributed by atoms with Crippen molar-refractivity contribution >= 4 is 23.4 Å². The van der Waals surface area contributed by atoms with E-state index >= 15 is 0 Å². The third-order valence-corrected chi connectivity index (χ3v) is 3.91. The fourth-order valence-electron chi connectivity index (χ4n) is 1.73. The highest BCUT2D eigenvalue weighted by Crippen LogP contribution is 2.26. The summed E-state index contributed by atoms with van der Waals surface area (Å²) in [5.41, 5.74) is 8.01. The smallest absolute Gasteiger partial charge is 0.305 e. The number of benzene rings is 1. The molecule has 0 aliphatic rings. The summed E-state index contributed by atoms with van der Waals surface area (Å²) in [6.07, 6.45) is 3.59. The molecule has 0 aromatic heterocycles. The summed E-state index contributed by atoms with van der Waals surface area (Å²) in [5.74, 6) is 0.953. The van der Waals surface area contributed by atoms with Gasteiger partial charge >= 0.3 is 5.97 Å². The zero-order valence-corrected chi connectivity index (χ0v) is 12.6. The molecule has 0 spiro atoms. The van der Waals surface area contributed by atoms with E-state index in [4.69, 9.17) is 10.5 Å². The normalized spacial score (nSPS) is 10.4. The summed E-state index contributed by atoms with van der Waals surface area (Å²) < 4.78 is 4.89. The average molecular weight is 281 g/mol. The highest BCUT2D eigenvalue weighted by Gasteiger charge is 2.02. The van der Waals surface area contributed by atoms with Crippen LogP contribution < -0.4 is 5.73 Å². The molecule has 4 heteroatoms. The van der Waals surface area contributed by atoms with Gasteiger partial charge in [-0.05, 0) is 50.1 Å². The summed E-state index contributed by atoms with van der Waals surface area (Å²) in [4.78, 5) is 12.3. The molecule has 2 N–H and O–H groups in total. The maximum Gasteiger partial charge on any atom is 0.305 e. The number of ether oxygens (including phenoxy) is 1. The number of unbranched alkanes of at least 4 members (excludes halogenated alkanes) is 2. The first-order valence-electron chi connectivity index (χ1n) is 6.78. The van der Waals surface area contributed by atoms with Crippen molar-refractivity contribution in [3.8, 4) is 0 Å². The van der Waals surface area contributed by atoms with Crippen LogP contribution in [0.3, 0.4) is 0 Å². The van der Waals surface area contributed by atoms with Gasteiger partial charge in [-0.1, -0.05) is 12.5 Å². The molecule has 0 heterocycles. The van der Waals surface area contributed by atoms with Gasteiger partial charge in [-0.15, -0.1) is 11.8 Å². The molecule has 0 fully saturated rings. The minimum absolute atomic E-state index is 0.0851. The van der Waals surface area contributed by atoms with Crippen molar-refractivity contribution in [3.63, 3.8) is 0 Å². The largest absolute Gasteiger partial charge is 0.466 e. The fraction of sp³-hybridized carbons (Fsp3) is 0.533. The van der Waals surface area contributed by atoms with Gasteiger partial charge in [-0.3, -0.25) is 4.79 Å². The summed E-state index contributed by atoms with van der Waals surface area (Å²) in [7, 11) is 0. The Morgan fingerprint density at radius 1 is 1.32 bits per heavy atom. The Kier molecular flexibility index (Phi) is 7.41. The molecular formula is C15H23NO2S. The van der Waals surface area contributed by atoms with Gasteiger partial charge in [0.15, 0.2) is 0 Å². The van der Waals surface area contributed by atoms with Crippen LogP contribution in [0.4, 0.5) is 5.69 Å². The van der Waals surface area contributed by atoms with Crippen LogP contribution >= 0.6 is 11.8 Å². The van der Waals surface area contributed by atoms with E-state index in [0.29, 0.717) is 13.0 Å². The van der Waals surface area contributed by atoms with Crippen molar-refractivity contribution < 1.29 is 9.53 Å². The molecule has 0 bridgehead atoms. The van der Waals surface area contributed by atoms with Crippen LogP contribution in [0.2, 0.25) is 0 Å². The van der Waals surface area contributed by atoms with Crippen LogP contribution in [-0.2, 0) is 9.53 Å². The molecule has 106 valence electrons. The van der Waals surface area contributed by atoms with Gasteiger partial charge in [0, 0.05) is 17.0 Å². The molecule has 0 radical (unpaired) electrons. The lowest BCUT2D eigenvalue weighted by atomic mass is 10.2. The number of hydrogen-bond donors (Lipinski definition) is 1. The van der Waals surface area contributed by atoms with E-state index in [0.717, 1.165) is 35.6 Å². The Hall–Kier alpha value is -1.16. The Labute approximate surface area is 119 Å². The molecule has 0 saturated heterocycles. The van der Waals surface area contributed by atoms with E-state index in [-0.39, 0.29) is 5.97 Å². The molecule has 3 nitrogen and oxygen atoms in total. The Morgan fingerprint density at radius 3 is 2.84 bits per heavy atom. The van der Waals surface area contributed by atoms with Crippen LogP contribution in [0.15, 0.2) is 23.1 Å². The predicted molar refractivity (Wildman–Crippen MR) is 81.4 cm³/mol. The second kappa shape index (κ2) is 8.86. The number of nitrogen functional groups attached to an aromatic ring is 1. The number of nitrogens with two attached hydrogens (primary N) is 1. The van der Waals surface area contributed by atoms with Crippen molar-refractivity contribution in [3.05, 3.63) is 23.8 Å². The first-order valence-corrected chi connectivity index (χ1v) is 7.76. The number of esters is 1. The highest BCUT2D eigenvalue weighted by molar-refractivity contribution is 7.99. The Morgan fingerprint density at radius 2 is 2.11 bits per heavy atom. The van der Waals surface area contributed by atoms with Crippen LogP contribution in [0.25, 0.3) is 0 Å². The SMILES string of the molecule is CCOC(=O)CCCCCSc1cc(C)ccc1N. The third-order valence-electron chi connectivity index (χ3n) is 2.76. The number of rotatable bonds is 8. The van der Waals surface area contributed by atoms with Crippen LogP contribution in [0.5, 0.6) is 0 Å². The fourth-order valence-corrected chi connectivity index (χ4v) is 2.80. The van der Waals surface area contributed by atoms with E-state index in [2.05, 4.69) is 13.0 Å². The second-order valence-electron chi connectivity index (χ2n) is 4.51. The van der Waals surface area contributed by atoms with Gasteiger partial charge in [-0.2, -0.15) is 0 Å². The monoisotopic (exact) mass is 281 g/mol. The van der Waals surface area contributed by atoms with E-state index < -0.39 is 0 Å². The van der Waals surface area contributed by atoms with Gasteiger partial charge in [0.25, 0.3) is 0 Å². The molecular weight excluding hydrogens is 258 g/mol. The number of thioether (sulfide) groups is 1.